The Balaban J connectivity index is 1.25. The van der Waals surface area contributed by atoms with Gasteiger partial charge in [0.05, 0.1) is 49.7 Å². The summed E-state index contributed by atoms with van der Waals surface area (Å²) in [6.45, 7) is 3.74. The molecule has 37 heavy (non-hydrogen) atoms. The van der Waals surface area contributed by atoms with E-state index < -0.39 is 12.2 Å². The maximum atomic E-state index is 13.4. The Morgan fingerprint density at radius 1 is 1.14 bits per heavy atom. The monoisotopic (exact) mass is 508 g/mol. The topological polar surface area (TPSA) is 108 Å². The largest absolute Gasteiger partial charge is 0.493 e. The van der Waals surface area contributed by atoms with Crippen molar-refractivity contribution in [3.63, 3.8) is 0 Å². The van der Waals surface area contributed by atoms with E-state index in [1.54, 1.807) is 18.2 Å². The van der Waals surface area contributed by atoms with Crippen LogP contribution in [0.5, 0.6) is 5.75 Å². The second-order valence-electron chi connectivity index (χ2n) is 10.3. The molecule has 3 aliphatic heterocycles. The highest BCUT2D eigenvalue weighted by atomic mass is 16.5. The molecule has 0 aromatic heterocycles. The number of Topliss-reactive ketones (excluding diaryl/α,β-unsaturated/α-hetero) is 1. The van der Waals surface area contributed by atoms with Crippen LogP contribution in [0.15, 0.2) is 42.5 Å². The van der Waals surface area contributed by atoms with E-state index in [-0.39, 0.29) is 36.2 Å². The van der Waals surface area contributed by atoms with Crippen molar-refractivity contribution in [2.24, 2.45) is 0 Å². The zero-order valence-electron chi connectivity index (χ0n) is 21.3. The summed E-state index contributed by atoms with van der Waals surface area (Å²) in [5.41, 5.74) is 3.35. The quantitative estimate of drug-likeness (QED) is 0.470. The molecule has 0 spiro atoms. The summed E-state index contributed by atoms with van der Waals surface area (Å²) in [7, 11) is 0. The van der Waals surface area contributed by atoms with Gasteiger partial charge in [0.2, 0.25) is 0 Å². The average Bonchev–Trinajstić information content (AvgIpc) is 2.90. The lowest BCUT2D eigenvalue weighted by Crippen LogP contribution is -2.60. The highest BCUT2D eigenvalue weighted by Crippen LogP contribution is 2.31. The maximum absolute atomic E-state index is 13.4. The van der Waals surface area contributed by atoms with Gasteiger partial charge < -0.3 is 29.9 Å². The number of morpholine rings is 1. The normalized spacial score (nSPS) is 25.8. The summed E-state index contributed by atoms with van der Waals surface area (Å²) in [5.74, 6) is 0.129. The lowest BCUT2D eigenvalue weighted by atomic mass is 9.90. The fourth-order valence-corrected chi connectivity index (χ4v) is 5.89. The molecule has 1 amide bonds. The third-order valence-corrected chi connectivity index (χ3v) is 7.80. The molecule has 2 aromatic rings. The summed E-state index contributed by atoms with van der Waals surface area (Å²) < 4.78 is 11.4. The number of carbonyl (C=O) groups excluding carboxylic acids is 2. The molecule has 3 aliphatic rings. The standard InChI is InChI=1S/C29H36N2O6/c1-2-37-28-12-19(29(35)31-21-13-23(32)14-22(31)17-36-16-21)7-8-24(28)26(33)9-10-27(34)25-11-18-5-3-4-6-20(18)15-30-25/h3-8,12,21-23,25,27,30,32,34H,2,9-11,13-17H2,1H3/t21?,22?,23?,25-,27+/m0/s1. The van der Waals surface area contributed by atoms with E-state index in [9.17, 15) is 19.8 Å². The number of aliphatic hydroxyl groups excluding tert-OH is 2. The fourth-order valence-electron chi connectivity index (χ4n) is 5.89. The molecular formula is C29H36N2O6. The molecular weight excluding hydrogens is 472 g/mol. The minimum absolute atomic E-state index is 0.0967. The Bertz CT molecular complexity index is 1120. The van der Waals surface area contributed by atoms with Crippen LogP contribution < -0.4 is 10.1 Å². The van der Waals surface area contributed by atoms with Gasteiger partial charge in [-0.2, -0.15) is 0 Å². The molecule has 198 valence electrons. The van der Waals surface area contributed by atoms with Gasteiger partial charge in [-0.05, 0) is 61.9 Å². The summed E-state index contributed by atoms with van der Waals surface area (Å²) >= 11 is 0. The highest BCUT2D eigenvalue weighted by molar-refractivity contribution is 6.01. The van der Waals surface area contributed by atoms with Crippen molar-refractivity contribution in [2.75, 3.05) is 19.8 Å². The van der Waals surface area contributed by atoms with Crippen LogP contribution in [0.3, 0.4) is 0 Å². The van der Waals surface area contributed by atoms with Gasteiger partial charge in [-0.1, -0.05) is 24.3 Å². The van der Waals surface area contributed by atoms with Gasteiger partial charge in [-0.15, -0.1) is 0 Å². The number of nitrogens with zero attached hydrogens (tertiary/aromatic N) is 1. The molecule has 2 unspecified atom stereocenters. The summed E-state index contributed by atoms with van der Waals surface area (Å²) in [5, 5.41) is 24.3. The van der Waals surface area contributed by atoms with Crippen LogP contribution in [0.2, 0.25) is 0 Å². The van der Waals surface area contributed by atoms with Crippen LogP contribution >= 0.6 is 0 Å². The van der Waals surface area contributed by atoms with E-state index >= 15 is 0 Å². The molecule has 0 radical (unpaired) electrons. The molecule has 0 aliphatic carbocycles. The van der Waals surface area contributed by atoms with Crippen LogP contribution in [0, 0.1) is 0 Å². The first-order chi connectivity index (χ1) is 17.9. The van der Waals surface area contributed by atoms with E-state index in [0.717, 1.165) is 6.42 Å². The fraction of sp³-hybridized carbons (Fsp3) is 0.517. The number of amides is 1. The number of benzene rings is 2. The zero-order chi connectivity index (χ0) is 25.9. The molecule has 2 bridgehead atoms. The summed E-state index contributed by atoms with van der Waals surface area (Å²) in [4.78, 5) is 28.4. The molecule has 3 N–H and O–H groups in total. The lowest BCUT2D eigenvalue weighted by Gasteiger charge is -2.47. The third-order valence-electron chi connectivity index (χ3n) is 7.80. The van der Waals surface area contributed by atoms with Crippen LogP contribution in [-0.4, -0.2) is 77.0 Å². The number of nitrogens with one attached hydrogen (secondary N) is 1. The van der Waals surface area contributed by atoms with E-state index in [4.69, 9.17) is 9.47 Å². The molecule has 2 saturated heterocycles. The minimum atomic E-state index is -0.648. The number of carbonyl (C=O) groups is 2. The number of aliphatic hydroxyl groups is 2. The van der Waals surface area contributed by atoms with Crippen molar-refractivity contribution >= 4 is 11.7 Å². The Morgan fingerprint density at radius 3 is 2.59 bits per heavy atom. The number of hydrogen-bond donors (Lipinski definition) is 3. The Kier molecular flexibility index (Phi) is 7.90. The van der Waals surface area contributed by atoms with E-state index in [0.29, 0.717) is 62.5 Å². The van der Waals surface area contributed by atoms with Gasteiger partial charge in [0.1, 0.15) is 5.75 Å². The first kappa shape index (κ1) is 25.9. The van der Waals surface area contributed by atoms with Crippen molar-refractivity contribution in [3.8, 4) is 5.75 Å². The second kappa shape index (κ2) is 11.3. The van der Waals surface area contributed by atoms with Crippen molar-refractivity contribution in [1.29, 1.82) is 0 Å². The van der Waals surface area contributed by atoms with Gasteiger partial charge in [0.25, 0.3) is 5.91 Å². The van der Waals surface area contributed by atoms with E-state index in [2.05, 4.69) is 17.4 Å². The molecule has 8 nitrogen and oxygen atoms in total. The Hall–Kier alpha value is -2.78. The first-order valence-electron chi connectivity index (χ1n) is 13.3. The SMILES string of the molecule is CCOc1cc(C(=O)N2C3COCC2CC(O)C3)ccc1C(=O)CC[C@@H](O)[C@@H]1Cc2ccccc2CN1. The number of ketones is 1. The van der Waals surface area contributed by atoms with E-state index in [1.807, 2.05) is 24.0 Å². The third kappa shape index (κ3) is 5.57. The predicted molar refractivity (Wildman–Crippen MR) is 138 cm³/mol. The highest BCUT2D eigenvalue weighted by Gasteiger charge is 2.41. The van der Waals surface area contributed by atoms with Crippen LogP contribution in [-0.2, 0) is 17.7 Å². The zero-order valence-corrected chi connectivity index (χ0v) is 21.3. The van der Waals surface area contributed by atoms with E-state index in [1.165, 1.54) is 11.1 Å². The van der Waals surface area contributed by atoms with Crippen molar-refractivity contribution in [2.45, 2.75) is 75.9 Å². The Morgan fingerprint density at radius 2 is 1.86 bits per heavy atom. The van der Waals surface area contributed by atoms with Crippen molar-refractivity contribution in [1.82, 2.24) is 10.2 Å². The van der Waals surface area contributed by atoms with Gasteiger partial charge >= 0.3 is 0 Å². The molecule has 2 aromatic carbocycles. The van der Waals surface area contributed by atoms with Gasteiger partial charge in [0.15, 0.2) is 5.78 Å². The van der Waals surface area contributed by atoms with Gasteiger partial charge in [-0.25, -0.2) is 0 Å². The molecule has 8 heteroatoms. The van der Waals surface area contributed by atoms with Crippen LogP contribution in [0.25, 0.3) is 0 Å². The number of hydrogen-bond acceptors (Lipinski definition) is 7. The number of rotatable bonds is 8. The number of ether oxygens (including phenoxy) is 2. The first-order valence-corrected chi connectivity index (χ1v) is 13.3. The average molecular weight is 509 g/mol. The predicted octanol–water partition coefficient (Wildman–Crippen LogP) is 2.49. The maximum Gasteiger partial charge on any atom is 0.254 e. The smallest absolute Gasteiger partial charge is 0.254 e. The lowest BCUT2D eigenvalue weighted by molar-refractivity contribution is -0.0871. The molecule has 0 saturated carbocycles. The van der Waals surface area contributed by atoms with Gasteiger partial charge in [-0.3, -0.25) is 9.59 Å². The molecule has 4 atom stereocenters. The Labute approximate surface area is 217 Å². The second-order valence-corrected chi connectivity index (χ2v) is 10.3. The van der Waals surface area contributed by atoms with Crippen molar-refractivity contribution < 1.29 is 29.3 Å². The minimum Gasteiger partial charge on any atom is -0.493 e. The summed E-state index contributed by atoms with van der Waals surface area (Å²) in [6.07, 6.45) is 1.18. The van der Waals surface area contributed by atoms with Gasteiger partial charge in [0, 0.05) is 24.6 Å². The van der Waals surface area contributed by atoms with Crippen LogP contribution in [0.1, 0.15) is 64.4 Å². The molecule has 5 rings (SSSR count). The number of fused-ring (bicyclic) bond motifs is 3. The summed E-state index contributed by atoms with van der Waals surface area (Å²) in [6, 6.07) is 12.8. The van der Waals surface area contributed by atoms with Crippen LogP contribution in [0.4, 0.5) is 0 Å². The number of piperidine rings is 1. The molecule has 2 fully saturated rings. The van der Waals surface area contributed by atoms with Crippen molar-refractivity contribution in [3.05, 3.63) is 64.7 Å². The molecule has 3 heterocycles.